The number of hydrogen-bond acceptors (Lipinski definition) is 4. The number of hydrogen-bond donors (Lipinski definition) is 3. The second kappa shape index (κ2) is 7.33. The van der Waals surface area contributed by atoms with Crippen molar-refractivity contribution >= 4 is 11.9 Å². The van der Waals surface area contributed by atoms with Crippen molar-refractivity contribution in [2.45, 2.75) is 44.2 Å². The SMILES string of the molecule is COCCCC(NC(=O)C1CCCC1N)C(=O)O. The van der Waals surface area contributed by atoms with E-state index in [0.717, 1.165) is 19.3 Å². The molecule has 4 N–H and O–H groups in total. The van der Waals surface area contributed by atoms with Crippen LogP contribution >= 0.6 is 0 Å². The molecular weight excluding hydrogens is 236 g/mol. The fourth-order valence-electron chi connectivity index (χ4n) is 2.28. The van der Waals surface area contributed by atoms with Gasteiger partial charge in [0.25, 0.3) is 0 Å². The zero-order valence-corrected chi connectivity index (χ0v) is 10.7. The number of methoxy groups -OCH3 is 1. The van der Waals surface area contributed by atoms with Crippen molar-refractivity contribution in [3.8, 4) is 0 Å². The molecule has 0 aromatic carbocycles. The van der Waals surface area contributed by atoms with Crippen LogP contribution in [0.2, 0.25) is 0 Å². The Kier molecular flexibility index (Phi) is 6.07. The first-order valence-electron chi connectivity index (χ1n) is 6.34. The molecule has 0 aromatic rings. The predicted molar refractivity (Wildman–Crippen MR) is 66.0 cm³/mol. The Hall–Kier alpha value is -1.14. The molecule has 0 saturated heterocycles. The van der Waals surface area contributed by atoms with Crippen LogP contribution in [0.5, 0.6) is 0 Å². The van der Waals surface area contributed by atoms with Crippen LogP contribution in [0, 0.1) is 5.92 Å². The standard InChI is InChI=1S/C12H22N2O4/c1-18-7-3-6-10(12(16)17)14-11(15)8-4-2-5-9(8)13/h8-10H,2-7,13H2,1H3,(H,14,15)(H,16,17). The number of nitrogens with two attached hydrogens (primary N) is 1. The summed E-state index contributed by atoms with van der Waals surface area (Å²) >= 11 is 0. The molecule has 6 nitrogen and oxygen atoms in total. The number of carboxylic acid groups (broad SMARTS) is 1. The van der Waals surface area contributed by atoms with Crippen molar-refractivity contribution in [2.24, 2.45) is 11.7 Å². The third-order valence-electron chi connectivity index (χ3n) is 3.36. The van der Waals surface area contributed by atoms with Crippen LogP contribution in [-0.4, -0.2) is 42.8 Å². The maximum absolute atomic E-state index is 11.9. The average molecular weight is 258 g/mol. The van der Waals surface area contributed by atoms with E-state index in [1.165, 1.54) is 0 Å². The molecule has 0 aliphatic heterocycles. The molecule has 1 rings (SSSR count). The molecule has 6 heteroatoms. The molecule has 0 radical (unpaired) electrons. The number of amides is 1. The highest BCUT2D eigenvalue weighted by molar-refractivity contribution is 5.85. The van der Waals surface area contributed by atoms with Gasteiger partial charge in [0.2, 0.25) is 5.91 Å². The molecule has 1 aliphatic carbocycles. The summed E-state index contributed by atoms with van der Waals surface area (Å²) < 4.78 is 4.87. The number of carbonyl (C=O) groups excluding carboxylic acids is 1. The van der Waals surface area contributed by atoms with Crippen molar-refractivity contribution in [1.82, 2.24) is 5.32 Å². The quantitative estimate of drug-likeness (QED) is 0.563. The van der Waals surface area contributed by atoms with Crippen LogP contribution in [0.1, 0.15) is 32.1 Å². The highest BCUT2D eigenvalue weighted by Crippen LogP contribution is 2.24. The smallest absolute Gasteiger partial charge is 0.326 e. The van der Waals surface area contributed by atoms with E-state index in [9.17, 15) is 9.59 Å². The number of carbonyl (C=O) groups is 2. The Morgan fingerprint density at radius 3 is 2.72 bits per heavy atom. The summed E-state index contributed by atoms with van der Waals surface area (Å²) in [5, 5.41) is 11.6. The number of ether oxygens (including phenoxy) is 1. The lowest BCUT2D eigenvalue weighted by Crippen LogP contribution is -2.46. The predicted octanol–water partition coefficient (Wildman–Crippen LogP) is 0.110. The molecule has 1 saturated carbocycles. The molecule has 1 aliphatic rings. The molecule has 0 bridgehead atoms. The molecular formula is C12H22N2O4. The highest BCUT2D eigenvalue weighted by atomic mass is 16.5. The van der Waals surface area contributed by atoms with Crippen molar-refractivity contribution in [3.05, 3.63) is 0 Å². The Morgan fingerprint density at radius 1 is 1.50 bits per heavy atom. The van der Waals surface area contributed by atoms with Crippen LogP contribution < -0.4 is 11.1 Å². The maximum atomic E-state index is 11.9. The van der Waals surface area contributed by atoms with Gasteiger partial charge in [0.05, 0.1) is 5.92 Å². The molecule has 104 valence electrons. The third kappa shape index (κ3) is 4.27. The van der Waals surface area contributed by atoms with E-state index in [0.29, 0.717) is 19.4 Å². The van der Waals surface area contributed by atoms with Crippen molar-refractivity contribution in [3.63, 3.8) is 0 Å². The summed E-state index contributed by atoms with van der Waals surface area (Å²) in [7, 11) is 1.56. The van der Waals surface area contributed by atoms with E-state index in [-0.39, 0.29) is 17.9 Å². The highest BCUT2D eigenvalue weighted by Gasteiger charge is 2.32. The molecule has 0 spiro atoms. The first-order valence-corrected chi connectivity index (χ1v) is 6.34. The molecule has 3 atom stereocenters. The summed E-state index contributed by atoms with van der Waals surface area (Å²) in [4.78, 5) is 23.0. The molecule has 1 amide bonds. The Labute approximate surface area is 107 Å². The van der Waals surface area contributed by atoms with Gasteiger partial charge in [0, 0.05) is 19.8 Å². The number of aliphatic carboxylic acids is 1. The lowest BCUT2D eigenvalue weighted by Gasteiger charge is -2.19. The number of rotatable bonds is 7. The van der Waals surface area contributed by atoms with Crippen molar-refractivity contribution in [2.75, 3.05) is 13.7 Å². The van der Waals surface area contributed by atoms with Crippen LogP contribution in [0.15, 0.2) is 0 Å². The fourth-order valence-corrected chi connectivity index (χ4v) is 2.28. The van der Waals surface area contributed by atoms with Crippen LogP contribution in [-0.2, 0) is 14.3 Å². The summed E-state index contributed by atoms with van der Waals surface area (Å²) in [6.07, 6.45) is 3.49. The minimum Gasteiger partial charge on any atom is -0.480 e. The minimum atomic E-state index is -1.01. The van der Waals surface area contributed by atoms with Gasteiger partial charge in [-0.25, -0.2) is 4.79 Å². The van der Waals surface area contributed by atoms with Crippen molar-refractivity contribution < 1.29 is 19.4 Å². The van der Waals surface area contributed by atoms with Gasteiger partial charge in [0.15, 0.2) is 0 Å². The normalized spacial score (nSPS) is 24.8. The van der Waals surface area contributed by atoms with Gasteiger partial charge in [-0.05, 0) is 25.7 Å². The number of carboxylic acids is 1. The van der Waals surface area contributed by atoms with E-state index in [4.69, 9.17) is 15.6 Å². The van der Waals surface area contributed by atoms with Gasteiger partial charge in [-0.1, -0.05) is 6.42 Å². The average Bonchev–Trinajstić information content (AvgIpc) is 2.74. The van der Waals surface area contributed by atoms with E-state index in [2.05, 4.69) is 5.32 Å². The third-order valence-corrected chi connectivity index (χ3v) is 3.36. The Morgan fingerprint density at radius 2 is 2.22 bits per heavy atom. The molecule has 18 heavy (non-hydrogen) atoms. The molecule has 0 heterocycles. The van der Waals surface area contributed by atoms with Crippen LogP contribution in [0.4, 0.5) is 0 Å². The van der Waals surface area contributed by atoms with E-state index < -0.39 is 12.0 Å². The number of nitrogens with one attached hydrogen (secondary N) is 1. The largest absolute Gasteiger partial charge is 0.480 e. The first kappa shape index (κ1) is 14.9. The first-order chi connectivity index (χ1) is 8.56. The van der Waals surface area contributed by atoms with E-state index in [1.807, 2.05) is 0 Å². The van der Waals surface area contributed by atoms with Gasteiger partial charge in [-0.3, -0.25) is 4.79 Å². The van der Waals surface area contributed by atoms with Gasteiger partial charge in [-0.15, -0.1) is 0 Å². The molecule has 3 unspecified atom stereocenters. The summed E-state index contributed by atoms with van der Waals surface area (Å²) in [5.41, 5.74) is 5.83. The second-order valence-corrected chi connectivity index (χ2v) is 4.74. The van der Waals surface area contributed by atoms with Crippen LogP contribution in [0.3, 0.4) is 0 Å². The van der Waals surface area contributed by atoms with Gasteiger partial charge >= 0.3 is 5.97 Å². The van der Waals surface area contributed by atoms with Crippen LogP contribution in [0.25, 0.3) is 0 Å². The Balaban J connectivity index is 2.44. The van der Waals surface area contributed by atoms with E-state index in [1.54, 1.807) is 7.11 Å². The van der Waals surface area contributed by atoms with Crippen molar-refractivity contribution in [1.29, 1.82) is 0 Å². The Bertz CT molecular complexity index is 296. The van der Waals surface area contributed by atoms with Gasteiger partial charge in [0.1, 0.15) is 6.04 Å². The summed E-state index contributed by atoms with van der Waals surface area (Å²) in [5.74, 6) is -1.48. The van der Waals surface area contributed by atoms with Gasteiger partial charge < -0.3 is 20.9 Å². The lowest BCUT2D eigenvalue weighted by atomic mass is 10.0. The zero-order chi connectivity index (χ0) is 13.5. The second-order valence-electron chi connectivity index (χ2n) is 4.74. The summed E-state index contributed by atoms with van der Waals surface area (Å²) in [6, 6.07) is -0.987. The minimum absolute atomic E-state index is 0.140. The molecule has 0 aromatic heterocycles. The lowest BCUT2D eigenvalue weighted by molar-refractivity contribution is -0.142. The topological polar surface area (TPSA) is 102 Å². The zero-order valence-electron chi connectivity index (χ0n) is 10.7. The maximum Gasteiger partial charge on any atom is 0.326 e. The van der Waals surface area contributed by atoms with E-state index >= 15 is 0 Å². The molecule has 1 fully saturated rings. The summed E-state index contributed by atoms with van der Waals surface area (Å²) in [6.45, 7) is 0.489. The fraction of sp³-hybridized carbons (Fsp3) is 0.833. The van der Waals surface area contributed by atoms with Gasteiger partial charge in [-0.2, -0.15) is 0 Å². The monoisotopic (exact) mass is 258 g/mol.